The summed E-state index contributed by atoms with van der Waals surface area (Å²) < 4.78 is 30.3. The molecule has 0 bridgehead atoms. The summed E-state index contributed by atoms with van der Waals surface area (Å²) in [5.41, 5.74) is 0. The molecule has 0 aliphatic carbocycles. The number of ether oxygens (including phenoxy) is 1. The molecule has 0 saturated carbocycles. The molecule has 0 radical (unpaired) electrons. The van der Waals surface area contributed by atoms with Gasteiger partial charge >= 0.3 is 0 Å². The lowest BCUT2D eigenvalue weighted by Crippen LogP contribution is -2.33. The van der Waals surface area contributed by atoms with E-state index in [0.29, 0.717) is 23.1 Å². The molecule has 1 rings (SSSR count). The lowest BCUT2D eigenvalue weighted by atomic mass is 10.3. The number of halogens is 2. The summed E-state index contributed by atoms with van der Waals surface area (Å²) in [6, 6.07) is 7.07. The van der Waals surface area contributed by atoms with Crippen molar-refractivity contribution in [1.29, 1.82) is 0 Å². The zero-order chi connectivity index (χ0) is 14.3. The minimum absolute atomic E-state index is 0.0547. The maximum atomic E-state index is 11.8. The van der Waals surface area contributed by atoms with Gasteiger partial charge in [-0.05, 0) is 18.6 Å². The van der Waals surface area contributed by atoms with E-state index in [1.807, 2.05) is 6.07 Å². The highest BCUT2D eigenvalue weighted by atomic mass is 35.5. The van der Waals surface area contributed by atoms with E-state index in [1.165, 1.54) is 11.4 Å². The van der Waals surface area contributed by atoms with Crippen molar-refractivity contribution >= 4 is 33.2 Å². The average molecular weight is 326 g/mol. The lowest BCUT2D eigenvalue weighted by Gasteiger charge is -2.17. The number of hydrogen-bond donors (Lipinski definition) is 0. The zero-order valence-corrected chi connectivity index (χ0v) is 13.0. The number of likely N-dealkylation sites (N-methyl/N-ethyl adjacent to an activating group) is 1. The van der Waals surface area contributed by atoms with Crippen LogP contribution in [0.15, 0.2) is 24.3 Å². The Hall–Kier alpha value is -0.490. The van der Waals surface area contributed by atoms with Gasteiger partial charge in [-0.15, -0.1) is 11.6 Å². The molecule has 0 saturated heterocycles. The fourth-order valence-corrected chi connectivity index (χ4v) is 3.03. The van der Waals surface area contributed by atoms with Crippen LogP contribution < -0.4 is 4.74 Å². The van der Waals surface area contributed by atoms with Crippen molar-refractivity contribution in [2.75, 3.05) is 31.8 Å². The van der Waals surface area contributed by atoms with Crippen LogP contribution in [0.25, 0.3) is 0 Å². The molecular formula is C12H17Cl2NO3S. The molecule has 0 unspecified atom stereocenters. The van der Waals surface area contributed by atoms with Crippen LogP contribution in [0.1, 0.15) is 6.42 Å². The molecule has 0 aliphatic rings. The first-order chi connectivity index (χ1) is 8.97. The number of rotatable bonds is 8. The van der Waals surface area contributed by atoms with E-state index in [9.17, 15) is 8.42 Å². The van der Waals surface area contributed by atoms with E-state index < -0.39 is 10.0 Å². The van der Waals surface area contributed by atoms with Gasteiger partial charge in [-0.2, -0.15) is 0 Å². The third kappa shape index (κ3) is 5.57. The number of nitrogens with zero attached hydrogens (tertiary/aromatic N) is 1. The minimum Gasteiger partial charge on any atom is -0.491 e. The molecule has 0 heterocycles. The number of hydrogen-bond acceptors (Lipinski definition) is 3. The highest BCUT2D eigenvalue weighted by Gasteiger charge is 2.16. The second-order valence-electron chi connectivity index (χ2n) is 3.96. The van der Waals surface area contributed by atoms with Gasteiger partial charge in [-0.1, -0.05) is 23.7 Å². The third-order valence-electron chi connectivity index (χ3n) is 2.51. The summed E-state index contributed by atoms with van der Waals surface area (Å²) in [7, 11) is -1.72. The SMILES string of the molecule is CN(CCOc1ccccc1Cl)S(=O)(=O)CCCCl. The van der Waals surface area contributed by atoms with E-state index in [4.69, 9.17) is 27.9 Å². The van der Waals surface area contributed by atoms with Gasteiger partial charge in [0.25, 0.3) is 0 Å². The second kappa shape index (κ2) is 7.94. The summed E-state index contributed by atoms with van der Waals surface area (Å²) in [5, 5.41) is 0.509. The van der Waals surface area contributed by atoms with Crippen LogP contribution in [-0.2, 0) is 10.0 Å². The van der Waals surface area contributed by atoms with Gasteiger partial charge in [0, 0.05) is 19.5 Å². The molecule has 1 aromatic rings. The van der Waals surface area contributed by atoms with Crippen molar-refractivity contribution < 1.29 is 13.2 Å². The maximum Gasteiger partial charge on any atom is 0.214 e. The van der Waals surface area contributed by atoms with Crippen molar-refractivity contribution in [3.05, 3.63) is 29.3 Å². The smallest absolute Gasteiger partial charge is 0.214 e. The molecule has 0 N–H and O–H groups in total. The van der Waals surface area contributed by atoms with Crippen LogP contribution in [0.4, 0.5) is 0 Å². The van der Waals surface area contributed by atoms with Crippen LogP contribution in [0, 0.1) is 0 Å². The lowest BCUT2D eigenvalue weighted by molar-refractivity contribution is 0.287. The summed E-state index contributed by atoms with van der Waals surface area (Å²) in [6.07, 6.45) is 0.444. The largest absolute Gasteiger partial charge is 0.491 e. The Balaban J connectivity index is 2.43. The van der Waals surface area contributed by atoms with Crippen molar-refractivity contribution in [2.45, 2.75) is 6.42 Å². The van der Waals surface area contributed by atoms with Gasteiger partial charge in [0.05, 0.1) is 10.8 Å². The Morgan fingerprint density at radius 3 is 2.63 bits per heavy atom. The quantitative estimate of drug-likeness (QED) is 0.690. The molecule has 4 nitrogen and oxygen atoms in total. The predicted molar refractivity (Wildman–Crippen MR) is 78.7 cm³/mol. The molecule has 0 aromatic heterocycles. The molecule has 0 aliphatic heterocycles. The molecule has 0 amide bonds. The number of benzene rings is 1. The topological polar surface area (TPSA) is 46.6 Å². The first-order valence-corrected chi connectivity index (χ1v) is 8.37. The first-order valence-electron chi connectivity index (χ1n) is 5.84. The Labute approximate surface area is 124 Å². The Morgan fingerprint density at radius 1 is 1.32 bits per heavy atom. The molecule has 0 fully saturated rings. The van der Waals surface area contributed by atoms with Crippen LogP contribution in [0.2, 0.25) is 5.02 Å². The normalized spacial score (nSPS) is 11.8. The van der Waals surface area contributed by atoms with E-state index in [0.717, 1.165) is 0 Å². The summed E-state index contributed by atoms with van der Waals surface area (Å²) in [4.78, 5) is 0. The third-order valence-corrected chi connectivity index (χ3v) is 5.03. The summed E-state index contributed by atoms with van der Waals surface area (Å²) in [6.45, 7) is 0.524. The molecular weight excluding hydrogens is 309 g/mol. The van der Waals surface area contributed by atoms with E-state index in [1.54, 1.807) is 18.2 Å². The standard InChI is InChI=1S/C12H17Cl2NO3S/c1-15(19(16,17)10-4-7-13)8-9-18-12-6-3-2-5-11(12)14/h2-3,5-6H,4,7-10H2,1H3. The van der Waals surface area contributed by atoms with Crippen LogP contribution in [-0.4, -0.2) is 44.6 Å². The monoisotopic (exact) mass is 325 g/mol. The van der Waals surface area contributed by atoms with Gasteiger partial charge in [0.1, 0.15) is 12.4 Å². The van der Waals surface area contributed by atoms with Gasteiger partial charge in [-0.3, -0.25) is 0 Å². The van der Waals surface area contributed by atoms with E-state index >= 15 is 0 Å². The Bertz CT molecular complexity index is 494. The van der Waals surface area contributed by atoms with Gasteiger partial charge in [0.2, 0.25) is 10.0 Å². The highest BCUT2D eigenvalue weighted by Crippen LogP contribution is 2.22. The molecule has 19 heavy (non-hydrogen) atoms. The van der Waals surface area contributed by atoms with Crippen molar-refractivity contribution in [2.24, 2.45) is 0 Å². The fraction of sp³-hybridized carbons (Fsp3) is 0.500. The van der Waals surface area contributed by atoms with E-state index in [-0.39, 0.29) is 18.9 Å². The van der Waals surface area contributed by atoms with Gasteiger partial charge < -0.3 is 4.74 Å². The summed E-state index contributed by atoms with van der Waals surface area (Å²) >= 11 is 11.4. The van der Waals surface area contributed by atoms with Crippen LogP contribution in [0.5, 0.6) is 5.75 Å². The average Bonchev–Trinajstić information content (AvgIpc) is 2.38. The number of sulfonamides is 1. The Kier molecular flexibility index (Phi) is 6.93. The minimum atomic E-state index is -3.25. The highest BCUT2D eigenvalue weighted by molar-refractivity contribution is 7.89. The first kappa shape index (κ1) is 16.6. The maximum absolute atomic E-state index is 11.8. The predicted octanol–water partition coefficient (Wildman–Crippen LogP) is 2.61. The Morgan fingerprint density at radius 2 is 2.00 bits per heavy atom. The second-order valence-corrected chi connectivity index (χ2v) is 6.94. The van der Waals surface area contributed by atoms with Crippen molar-refractivity contribution in [3.8, 4) is 5.75 Å². The van der Waals surface area contributed by atoms with Gasteiger partial charge in [0.15, 0.2) is 0 Å². The van der Waals surface area contributed by atoms with Crippen LogP contribution in [0.3, 0.4) is 0 Å². The molecule has 1 aromatic carbocycles. The molecule has 108 valence electrons. The van der Waals surface area contributed by atoms with Crippen LogP contribution >= 0.6 is 23.2 Å². The van der Waals surface area contributed by atoms with Crippen molar-refractivity contribution in [1.82, 2.24) is 4.31 Å². The molecule has 0 spiro atoms. The molecule has 0 atom stereocenters. The zero-order valence-electron chi connectivity index (χ0n) is 10.7. The fourth-order valence-electron chi connectivity index (χ4n) is 1.38. The number of para-hydroxylation sites is 1. The summed E-state index contributed by atoms with van der Waals surface area (Å²) in [5.74, 6) is 0.943. The van der Waals surface area contributed by atoms with E-state index in [2.05, 4.69) is 0 Å². The molecule has 7 heteroatoms. The van der Waals surface area contributed by atoms with Gasteiger partial charge in [-0.25, -0.2) is 12.7 Å². The number of alkyl halides is 1. The van der Waals surface area contributed by atoms with Crippen molar-refractivity contribution in [3.63, 3.8) is 0 Å².